The molecule has 0 bridgehead atoms. The first-order valence-corrected chi connectivity index (χ1v) is 7.07. The predicted molar refractivity (Wildman–Crippen MR) is 82.4 cm³/mol. The lowest BCUT2D eigenvalue weighted by atomic mass is 10.1. The van der Waals surface area contributed by atoms with Gasteiger partial charge >= 0.3 is 0 Å². The first-order valence-electron chi connectivity index (χ1n) is 7.07. The molecule has 0 saturated carbocycles. The maximum absolute atomic E-state index is 11.1. The van der Waals surface area contributed by atoms with E-state index in [0.717, 1.165) is 28.9 Å². The molecule has 112 valence electrons. The lowest BCUT2D eigenvalue weighted by Gasteiger charge is -2.07. The summed E-state index contributed by atoms with van der Waals surface area (Å²) in [5, 5.41) is 18.7. The lowest BCUT2D eigenvalue weighted by molar-refractivity contribution is -0.385. The highest BCUT2D eigenvalue weighted by molar-refractivity contribution is 5.55. The van der Waals surface area contributed by atoms with Crippen LogP contribution >= 0.6 is 0 Å². The van der Waals surface area contributed by atoms with Crippen molar-refractivity contribution in [3.8, 4) is 0 Å². The molecule has 0 aliphatic heterocycles. The first-order chi connectivity index (χ1) is 10.0. The topological polar surface area (TPSA) is 73.0 Å². The van der Waals surface area contributed by atoms with E-state index in [1.807, 2.05) is 32.3 Å². The van der Waals surface area contributed by atoms with Crippen molar-refractivity contribution in [1.29, 1.82) is 0 Å². The smallest absolute Gasteiger partial charge is 0.274 e. The number of anilines is 1. The first kappa shape index (κ1) is 15.0. The van der Waals surface area contributed by atoms with Crippen molar-refractivity contribution in [3.63, 3.8) is 0 Å². The van der Waals surface area contributed by atoms with Gasteiger partial charge in [0.15, 0.2) is 0 Å². The number of nitro benzene ring substituents is 1. The van der Waals surface area contributed by atoms with E-state index in [1.165, 1.54) is 0 Å². The highest BCUT2D eigenvalue weighted by Gasteiger charge is 2.13. The van der Waals surface area contributed by atoms with Crippen LogP contribution in [0.25, 0.3) is 0 Å². The Morgan fingerprint density at radius 2 is 2.05 bits per heavy atom. The summed E-state index contributed by atoms with van der Waals surface area (Å²) in [6, 6.07) is 5.29. The van der Waals surface area contributed by atoms with Crippen LogP contribution in [0.15, 0.2) is 24.4 Å². The predicted octanol–water partition coefficient (Wildman–Crippen LogP) is 3.07. The molecular weight excluding hydrogens is 268 g/mol. The molecule has 6 nitrogen and oxygen atoms in total. The number of hydrogen-bond donors (Lipinski definition) is 1. The largest absolute Gasteiger partial charge is 0.381 e. The highest BCUT2D eigenvalue weighted by Crippen LogP contribution is 2.24. The summed E-state index contributed by atoms with van der Waals surface area (Å²) in [5.74, 6) is 0. The van der Waals surface area contributed by atoms with Gasteiger partial charge in [-0.3, -0.25) is 14.8 Å². The summed E-state index contributed by atoms with van der Waals surface area (Å²) in [6.07, 6.45) is 3.49. The third-order valence-electron chi connectivity index (χ3n) is 3.47. The number of benzene rings is 1. The fraction of sp³-hybridized carbons (Fsp3) is 0.400. The minimum absolute atomic E-state index is 0.171. The molecule has 0 saturated heterocycles. The Balaban J connectivity index is 2.16. The summed E-state index contributed by atoms with van der Waals surface area (Å²) < 4.78 is 1.79. The van der Waals surface area contributed by atoms with Gasteiger partial charge in [-0.2, -0.15) is 5.10 Å². The number of aromatic nitrogens is 2. The molecule has 0 radical (unpaired) electrons. The van der Waals surface area contributed by atoms with Crippen LogP contribution in [-0.4, -0.2) is 14.7 Å². The quantitative estimate of drug-likeness (QED) is 0.655. The van der Waals surface area contributed by atoms with Crippen molar-refractivity contribution in [1.82, 2.24) is 9.78 Å². The molecule has 0 unspecified atom stereocenters. The summed E-state index contributed by atoms with van der Waals surface area (Å²) in [6.45, 7) is 4.59. The van der Waals surface area contributed by atoms with Crippen molar-refractivity contribution in [2.45, 2.75) is 33.2 Å². The molecule has 0 atom stereocenters. The molecule has 21 heavy (non-hydrogen) atoms. The molecule has 0 aliphatic rings. The van der Waals surface area contributed by atoms with E-state index in [4.69, 9.17) is 0 Å². The zero-order chi connectivity index (χ0) is 15.4. The van der Waals surface area contributed by atoms with Gasteiger partial charge in [-0.05, 0) is 18.9 Å². The molecule has 0 fully saturated rings. The molecule has 1 heterocycles. The monoisotopic (exact) mass is 288 g/mol. The Hall–Kier alpha value is -2.37. The number of hydrogen-bond acceptors (Lipinski definition) is 4. The zero-order valence-corrected chi connectivity index (χ0v) is 12.6. The van der Waals surface area contributed by atoms with Gasteiger partial charge in [0.25, 0.3) is 5.69 Å². The fourth-order valence-corrected chi connectivity index (χ4v) is 2.37. The van der Waals surface area contributed by atoms with Crippen LogP contribution < -0.4 is 5.32 Å². The SMILES string of the molecule is CCc1ccc(NCc2cn(C)nc2CC)cc1[N+](=O)[O-]. The normalized spacial score (nSPS) is 10.6. The molecule has 1 N–H and O–H groups in total. The van der Waals surface area contributed by atoms with E-state index in [-0.39, 0.29) is 10.6 Å². The summed E-state index contributed by atoms with van der Waals surface area (Å²) in [4.78, 5) is 10.7. The molecule has 0 amide bonds. The van der Waals surface area contributed by atoms with Crippen molar-refractivity contribution < 1.29 is 4.92 Å². The highest BCUT2D eigenvalue weighted by atomic mass is 16.6. The Kier molecular flexibility index (Phi) is 4.57. The van der Waals surface area contributed by atoms with Gasteiger partial charge in [0.05, 0.1) is 10.6 Å². The Bertz CT molecular complexity index is 649. The van der Waals surface area contributed by atoms with Crippen molar-refractivity contribution in [2.24, 2.45) is 7.05 Å². The third kappa shape index (κ3) is 3.39. The number of aryl methyl sites for hydroxylation is 3. The number of rotatable bonds is 6. The average molecular weight is 288 g/mol. The second-order valence-corrected chi connectivity index (χ2v) is 4.94. The zero-order valence-electron chi connectivity index (χ0n) is 12.6. The maximum Gasteiger partial charge on any atom is 0.274 e. The van der Waals surface area contributed by atoms with Gasteiger partial charge in [0.2, 0.25) is 0 Å². The number of nitro groups is 1. The van der Waals surface area contributed by atoms with E-state index in [2.05, 4.69) is 17.3 Å². The van der Waals surface area contributed by atoms with Gasteiger partial charge in [-0.25, -0.2) is 0 Å². The van der Waals surface area contributed by atoms with Crippen LogP contribution in [-0.2, 0) is 26.4 Å². The summed E-state index contributed by atoms with van der Waals surface area (Å²) in [7, 11) is 1.89. The summed E-state index contributed by atoms with van der Waals surface area (Å²) >= 11 is 0. The summed E-state index contributed by atoms with van der Waals surface area (Å²) in [5.41, 5.74) is 3.84. The lowest BCUT2D eigenvalue weighted by Crippen LogP contribution is -2.02. The molecule has 0 aliphatic carbocycles. The van der Waals surface area contributed by atoms with Crippen molar-refractivity contribution in [3.05, 3.63) is 51.3 Å². The molecule has 2 aromatic rings. The van der Waals surface area contributed by atoms with Gasteiger partial charge < -0.3 is 5.32 Å². The molecule has 2 rings (SSSR count). The third-order valence-corrected chi connectivity index (χ3v) is 3.47. The van der Waals surface area contributed by atoms with Crippen LogP contribution in [0.2, 0.25) is 0 Å². The van der Waals surface area contributed by atoms with E-state index in [0.29, 0.717) is 13.0 Å². The van der Waals surface area contributed by atoms with Crippen molar-refractivity contribution >= 4 is 11.4 Å². The van der Waals surface area contributed by atoms with Crippen LogP contribution in [0.1, 0.15) is 30.7 Å². The molecule has 1 aromatic carbocycles. The molecule has 0 spiro atoms. The minimum Gasteiger partial charge on any atom is -0.381 e. The number of nitrogens with zero attached hydrogens (tertiary/aromatic N) is 3. The van der Waals surface area contributed by atoms with Crippen LogP contribution in [0.5, 0.6) is 0 Å². The maximum atomic E-state index is 11.1. The Morgan fingerprint density at radius 1 is 1.29 bits per heavy atom. The second kappa shape index (κ2) is 6.39. The number of nitrogens with one attached hydrogen (secondary N) is 1. The van der Waals surface area contributed by atoms with Crippen LogP contribution in [0, 0.1) is 10.1 Å². The van der Waals surface area contributed by atoms with Gasteiger partial charge in [0, 0.05) is 42.7 Å². The Labute approximate surface area is 123 Å². The van der Waals surface area contributed by atoms with Gasteiger partial charge in [-0.1, -0.05) is 19.9 Å². The van der Waals surface area contributed by atoms with Crippen LogP contribution in [0.4, 0.5) is 11.4 Å². The van der Waals surface area contributed by atoms with E-state index < -0.39 is 0 Å². The second-order valence-electron chi connectivity index (χ2n) is 4.94. The minimum atomic E-state index is -0.328. The standard InChI is InChI=1S/C15H20N4O2/c1-4-11-6-7-13(8-15(11)19(20)21)16-9-12-10-18(3)17-14(12)5-2/h6-8,10,16H,4-5,9H2,1-3H3. The average Bonchev–Trinajstić information content (AvgIpc) is 2.84. The van der Waals surface area contributed by atoms with Gasteiger partial charge in [-0.15, -0.1) is 0 Å². The molecule has 6 heteroatoms. The van der Waals surface area contributed by atoms with E-state index >= 15 is 0 Å². The fourth-order valence-electron chi connectivity index (χ4n) is 2.37. The van der Waals surface area contributed by atoms with Crippen LogP contribution in [0.3, 0.4) is 0 Å². The molecular formula is C15H20N4O2. The Morgan fingerprint density at radius 3 is 2.67 bits per heavy atom. The molecule has 1 aromatic heterocycles. The van der Waals surface area contributed by atoms with Crippen molar-refractivity contribution in [2.75, 3.05) is 5.32 Å². The van der Waals surface area contributed by atoms with Gasteiger partial charge in [0.1, 0.15) is 0 Å². The van der Waals surface area contributed by atoms with E-state index in [9.17, 15) is 10.1 Å². The van der Waals surface area contributed by atoms with E-state index in [1.54, 1.807) is 10.7 Å².